The summed E-state index contributed by atoms with van der Waals surface area (Å²) in [6.07, 6.45) is 5.48. The van der Waals surface area contributed by atoms with Crippen LogP contribution in [0.2, 0.25) is 0 Å². The van der Waals surface area contributed by atoms with Gasteiger partial charge in [0.15, 0.2) is 0 Å². The quantitative estimate of drug-likeness (QED) is 0.808. The Kier molecular flexibility index (Phi) is 4.97. The normalized spacial score (nSPS) is 12.6. The van der Waals surface area contributed by atoms with Gasteiger partial charge in [-0.2, -0.15) is 0 Å². The predicted octanol–water partition coefficient (Wildman–Crippen LogP) is 0.439. The van der Waals surface area contributed by atoms with Gasteiger partial charge < -0.3 is 10.6 Å². The van der Waals surface area contributed by atoms with Crippen LogP contribution in [-0.2, 0) is 16.0 Å². The molecule has 2 amide bonds. The molecule has 0 aromatic carbocycles. The summed E-state index contributed by atoms with van der Waals surface area (Å²) in [7, 11) is 0. The molecule has 104 valence electrons. The molecular weight excluding hydrogens is 244 g/mol. The highest BCUT2D eigenvalue weighted by Crippen LogP contribution is 2.04. The largest absolute Gasteiger partial charge is 0.351 e. The van der Waals surface area contributed by atoms with Gasteiger partial charge in [0.2, 0.25) is 11.8 Å². The minimum atomic E-state index is -0.928. The third-order valence-corrected chi connectivity index (χ3v) is 2.57. The van der Waals surface area contributed by atoms with Crippen molar-refractivity contribution in [3.63, 3.8) is 0 Å². The van der Waals surface area contributed by atoms with E-state index in [-0.39, 0.29) is 17.9 Å². The van der Waals surface area contributed by atoms with Crippen molar-refractivity contribution < 1.29 is 9.59 Å². The average molecular weight is 264 g/mol. The molecule has 0 fully saturated rings. The molecule has 1 aromatic heterocycles. The number of carbonyl (C=O) groups is 2. The highest BCUT2D eigenvalue weighted by molar-refractivity contribution is 5.90. The second-order valence-corrected chi connectivity index (χ2v) is 5.08. The summed E-state index contributed by atoms with van der Waals surface area (Å²) >= 11 is 0. The molecule has 0 radical (unpaired) electrons. The number of hydrogen-bond acceptors (Lipinski definition) is 4. The lowest BCUT2D eigenvalue weighted by Crippen LogP contribution is -2.56. The summed E-state index contributed by atoms with van der Waals surface area (Å²) in [5, 5.41) is 5.46. The van der Waals surface area contributed by atoms with Gasteiger partial charge in [-0.3, -0.25) is 19.6 Å². The zero-order valence-electron chi connectivity index (χ0n) is 11.7. The second-order valence-electron chi connectivity index (χ2n) is 5.08. The van der Waals surface area contributed by atoms with Gasteiger partial charge in [0.25, 0.3) is 0 Å². The first-order valence-corrected chi connectivity index (χ1v) is 6.16. The maximum Gasteiger partial charge on any atom is 0.245 e. The van der Waals surface area contributed by atoms with Crippen molar-refractivity contribution in [3.8, 4) is 0 Å². The van der Waals surface area contributed by atoms with Crippen LogP contribution in [0.1, 0.15) is 33.4 Å². The SMILES string of the molecule is CC(=O)NC(C)(C)C(=O)N[C@@H](C)Cc1cnccn1. The minimum Gasteiger partial charge on any atom is -0.351 e. The molecule has 0 saturated heterocycles. The molecule has 6 nitrogen and oxygen atoms in total. The van der Waals surface area contributed by atoms with Gasteiger partial charge in [-0.25, -0.2) is 0 Å². The molecule has 0 aliphatic rings. The predicted molar refractivity (Wildman–Crippen MR) is 71.2 cm³/mol. The van der Waals surface area contributed by atoms with Crippen LogP contribution < -0.4 is 10.6 Å². The molecule has 0 unspecified atom stereocenters. The molecule has 0 saturated carbocycles. The Morgan fingerprint density at radius 3 is 2.58 bits per heavy atom. The van der Waals surface area contributed by atoms with Crippen LogP contribution in [0, 0.1) is 0 Å². The van der Waals surface area contributed by atoms with Crippen molar-refractivity contribution in [3.05, 3.63) is 24.3 Å². The summed E-state index contributed by atoms with van der Waals surface area (Å²) < 4.78 is 0. The van der Waals surface area contributed by atoms with E-state index in [1.807, 2.05) is 6.92 Å². The van der Waals surface area contributed by atoms with E-state index < -0.39 is 5.54 Å². The van der Waals surface area contributed by atoms with Gasteiger partial charge >= 0.3 is 0 Å². The zero-order valence-corrected chi connectivity index (χ0v) is 11.7. The molecule has 19 heavy (non-hydrogen) atoms. The number of rotatable bonds is 5. The fraction of sp³-hybridized carbons (Fsp3) is 0.538. The van der Waals surface area contributed by atoms with Crippen LogP contribution in [0.25, 0.3) is 0 Å². The van der Waals surface area contributed by atoms with Crippen molar-refractivity contribution in [2.24, 2.45) is 0 Å². The molecule has 2 N–H and O–H groups in total. The Balaban J connectivity index is 2.54. The maximum absolute atomic E-state index is 12.0. The third kappa shape index (κ3) is 5.03. The molecule has 1 rings (SSSR count). The lowest BCUT2D eigenvalue weighted by molar-refractivity contribution is -0.131. The van der Waals surface area contributed by atoms with Gasteiger partial charge in [0.05, 0.1) is 5.69 Å². The Morgan fingerprint density at radius 1 is 1.37 bits per heavy atom. The fourth-order valence-electron chi connectivity index (χ4n) is 1.70. The van der Waals surface area contributed by atoms with Crippen molar-refractivity contribution >= 4 is 11.8 Å². The zero-order chi connectivity index (χ0) is 14.5. The molecule has 0 spiro atoms. The molecule has 6 heteroatoms. The lowest BCUT2D eigenvalue weighted by Gasteiger charge is -2.26. The number of aromatic nitrogens is 2. The van der Waals surface area contributed by atoms with E-state index in [4.69, 9.17) is 0 Å². The highest BCUT2D eigenvalue weighted by atomic mass is 16.2. The first-order valence-electron chi connectivity index (χ1n) is 6.16. The second kappa shape index (κ2) is 6.26. The van der Waals surface area contributed by atoms with Crippen LogP contribution in [0.15, 0.2) is 18.6 Å². The monoisotopic (exact) mass is 264 g/mol. The summed E-state index contributed by atoms with van der Waals surface area (Å²) in [4.78, 5) is 31.2. The highest BCUT2D eigenvalue weighted by Gasteiger charge is 2.29. The van der Waals surface area contributed by atoms with Crippen molar-refractivity contribution in [1.29, 1.82) is 0 Å². The minimum absolute atomic E-state index is 0.0859. The molecule has 1 aromatic rings. The number of nitrogens with one attached hydrogen (secondary N) is 2. The van der Waals surface area contributed by atoms with E-state index in [0.29, 0.717) is 6.42 Å². The summed E-state index contributed by atoms with van der Waals surface area (Å²) in [6, 6.07) is -0.0859. The first-order chi connectivity index (χ1) is 8.81. The van der Waals surface area contributed by atoms with E-state index >= 15 is 0 Å². The van der Waals surface area contributed by atoms with Crippen molar-refractivity contribution in [2.45, 2.75) is 45.7 Å². The molecule has 1 heterocycles. The Bertz CT molecular complexity index is 445. The van der Waals surface area contributed by atoms with Crippen LogP contribution in [0.5, 0.6) is 0 Å². The van der Waals surface area contributed by atoms with Crippen LogP contribution in [-0.4, -0.2) is 33.4 Å². The number of hydrogen-bond donors (Lipinski definition) is 2. The van der Waals surface area contributed by atoms with Crippen LogP contribution >= 0.6 is 0 Å². The van der Waals surface area contributed by atoms with Crippen LogP contribution in [0.4, 0.5) is 0 Å². The Labute approximate surface area is 113 Å². The number of nitrogens with zero attached hydrogens (tertiary/aromatic N) is 2. The van der Waals surface area contributed by atoms with Crippen LogP contribution in [0.3, 0.4) is 0 Å². The topological polar surface area (TPSA) is 84.0 Å². The molecule has 0 aliphatic carbocycles. The van der Waals surface area contributed by atoms with E-state index in [9.17, 15) is 9.59 Å². The summed E-state index contributed by atoms with van der Waals surface area (Å²) in [5.74, 6) is -0.458. The molecule has 1 atom stereocenters. The molecule has 0 bridgehead atoms. The summed E-state index contributed by atoms with van der Waals surface area (Å²) in [5.41, 5.74) is -0.115. The van der Waals surface area contributed by atoms with E-state index in [1.54, 1.807) is 32.4 Å². The van der Waals surface area contributed by atoms with E-state index in [2.05, 4.69) is 20.6 Å². The third-order valence-electron chi connectivity index (χ3n) is 2.57. The number of amides is 2. The Morgan fingerprint density at radius 2 is 2.05 bits per heavy atom. The summed E-state index contributed by atoms with van der Waals surface area (Å²) in [6.45, 7) is 6.60. The fourth-order valence-corrected chi connectivity index (χ4v) is 1.70. The molecule has 0 aliphatic heterocycles. The Hall–Kier alpha value is -1.98. The molecular formula is C13H20N4O2. The lowest BCUT2D eigenvalue weighted by atomic mass is 10.0. The van der Waals surface area contributed by atoms with Gasteiger partial charge in [0, 0.05) is 38.0 Å². The maximum atomic E-state index is 12.0. The van der Waals surface area contributed by atoms with Gasteiger partial charge in [-0.1, -0.05) is 0 Å². The van der Waals surface area contributed by atoms with Gasteiger partial charge in [-0.15, -0.1) is 0 Å². The van der Waals surface area contributed by atoms with E-state index in [0.717, 1.165) is 5.69 Å². The van der Waals surface area contributed by atoms with Gasteiger partial charge in [-0.05, 0) is 20.8 Å². The number of carbonyl (C=O) groups excluding carboxylic acids is 2. The van der Waals surface area contributed by atoms with Crippen molar-refractivity contribution in [2.75, 3.05) is 0 Å². The van der Waals surface area contributed by atoms with Gasteiger partial charge in [0.1, 0.15) is 5.54 Å². The first kappa shape index (κ1) is 15.1. The van der Waals surface area contributed by atoms with E-state index in [1.165, 1.54) is 6.92 Å². The average Bonchev–Trinajstić information content (AvgIpc) is 2.28. The standard InChI is InChI=1S/C13H20N4O2/c1-9(7-11-8-14-5-6-15-11)16-12(19)13(3,4)17-10(2)18/h5-6,8-9H,7H2,1-4H3,(H,16,19)(H,17,18)/t9-/m0/s1. The van der Waals surface area contributed by atoms with Crippen molar-refractivity contribution in [1.82, 2.24) is 20.6 Å². The smallest absolute Gasteiger partial charge is 0.245 e.